The molecule has 1 aromatic heterocycles. The Hall–Kier alpha value is -1.94. The van der Waals surface area contributed by atoms with Crippen molar-refractivity contribution in [2.45, 2.75) is 38.5 Å². The fourth-order valence-corrected chi connectivity index (χ4v) is 2.74. The number of rotatable bonds is 3. The van der Waals surface area contributed by atoms with Gasteiger partial charge in [0.05, 0.1) is 5.69 Å². The molecular formula is C17H19FN2O. The lowest BCUT2D eigenvalue weighted by Crippen LogP contribution is -2.39. The van der Waals surface area contributed by atoms with Crippen LogP contribution in [0.4, 0.5) is 4.39 Å². The highest BCUT2D eigenvalue weighted by Gasteiger charge is 2.33. The molecule has 21 heavy (non-hydrogen) atoms. The zero-order valence-electron chi connectivity index (χ0n) is 12.3. The van der Waals surface area contributed by atoms with Gasteiger partial charge in [0.25, 0.3) is 0 Å². The molecule has 1 atom stereocenters. The van der Waals surface area contributed by atoms with Crippen LogP contribution in [0.3, 0.4) is 0 Å². The molecule has 1 aromatic carbocycles. The number of ether oxygens (including phenoxy) is 1. The number of halogens is 1. The minimum absolute atomic E-state index is 0.0569. The van der Waals surface area contributed by atoms with Gasteiger partial charge in [-0.3, -0.25) is 4.98 Å². The van der Waals surface area contributed by atoms with Crippen molar-refractivity contribution in [3.05, 3.63) is 59.7 Å². The highest BCUT2D eigenvalue weighted by atomic mass is 19.1. The van der Waals surface area contributed by atoms with E-state index in [1.807, 2.05) is 18.2 Å². The molecule has 0 aliphatic carbocycles. The van der Waals surface area contributed by atoms with Crippen LogP contribution in [-0.4, -0.2) is 10.6 Å². The van der Waals surface area contributed by atoms with Gasteiger partial charge in [-0.25, -0.2) is 4.39 Å². The molecule has 0 radical (unpaired) electrons. The number of nitrogens with one attached hydrogen (secondary N) is 1. The summed E-state index contributed by atoms with van der Waals surface area (Å²) in [7, 11) is 0. The number of benzene rings is 1. The Labute approximate surface area is 124 Å². The molecule has 0 bridgehead atoms. The lowest BCUT2D eigenvalue weighted by molar-refractivity contribution is 0.0654. The molecule has 0 saturated carbocycles. The van der Waals surface area contributed by atoms with Crippen LogP contribution in [0.25, 0.3) is 0 Å². The van der Waals surface area contributed by atoms with E-state index in [4.69, 9.17) is 4.74 Å². The summed E-state index contributed by atoms with van der Waals surface area (Å²) in [4.78, 5) is 4.31. The van der Waals surface area contributed by atoms with E-state index in [1.54, 1.807) is 18.3 Å². The maximum absolute atomic E-state index is 13.5. The van der Waals surface area contributed by atoms with Crippen LogP contribution in [0.15, 0.2) is 42.6 Å². The van der Waals surface area contributed by atoms with Crippen molar-refractivity contribution in [1.82, 2.24) is 10.3 Å². The normalized spacial score (nSPS) is 19.7. The Morgan fingerprint density at radius 1 is 1.33 bits per heavy atom. The Balaban J connectivity index is 1.82. The Morgan fingerprint density at radius 3 is 2.95 bits per heavy atom. The van der Waals surface area contributed by atoms with Crippen LogP contribution < -0.4 is 10.1 Å². The SMILES string of the molecule is CC1(C)CC(NCc2ccccn2)c2cc(F)ccc2O1. The van der Waals surface area contributed by atoms with E-state index < -0.39 is 0 Å². The van der Waals surface area contributed by atoms with E-state index in [2.05, 4.69) is 24.1 Å². The molecule has 0 spiro atoms. The van der Waals surface area contributed by atoms with E-state index in [-0.39, 0.29) is 17.5 Å². The van der Waals surface area contributed by atoms with Gasteiger partial charge < -0.3 is 10.1 Å². The standard InChI is InChI=1S/C17H19FN2O/c1-17(2)10-15(20-11-13-5-3-4-8-19-13)14-9-12(18)6-7-16(14)21-17/h3-9,15,20H,10-11H2,1-2H3. The number of aromatic nitrogens is 1. The highest BCUT2D eigenvalue weighted by Crippen LogP contribution is 2.39. The molecule has 0 saturated heterocycles. The molecule has 2 aromatic rings. The fourth-order valence-electron chi connectivity index (χ4n) is 2.74. The topological polar surface area (TPSA) is 34.2 Å². The van der Waals surface area contributed by atoms with Gasteiger partial charge in [0.2, 0.25) is 0 Å². The summed E-state index contributed by atoms with van der Waals surface area (Å²) in [5, 5.41) is 3.47. The van der Waals surface area contributed by atoms with Crippen molar-refractivity contribution in [2.24, 2.45) is 0 Å². The monoisotopic (exact) mass is 286 g/mol. The summed E-state index contributed by atoms with van der Waals surface area (Å²) in [6.07, 6.45) is 2.56. The predicted molar refractivity (Wildman–Crippen MR) is 79.5 cm³/mol. The summed E-state index contributed by atoms with van der Waals surface area (Å²) in [5.74, 6) is 0.521. The predicted octanol–water partition coefficient (Wildman–Crippen LogP) is 3.61. The summed E-state index contributed by atoms with van der Waals surface area (Å²) in [6.45, 7) is 4.75. The quantitative estimate of drug-likeness (QED) is 0.936. The van der Waals surface area contributed by atoms with Crippen LogP contribution in [0.5, 0.6) is 5.75 Å². The molecule has 2 heterocycles. The average Bonchev–Trinajstić information content (AvgIpc) is 2.46. The summed E-state index contributed by atoms with van der Waals surface area (Å²) in [6, 6.07) is 10.6. The van der Waals surface area contributed by atoms with Gasteiger partial charge in [-0.2, -0.15) is 0 Å². The lowest BCUT2D eigenvalue weighted by Gasteiger charge is -2.38. The molecule has 1 N–H and O–H groups in total. The minimum atomic E-state index is -0.271. The first-order chi connectivity index (χ1) is 10.0. The molecule has 3 nitrogen and oxygen atoms in total. The number of nitrogens with zero attached hydrogens (tertiary/aromatic N) is 1. The zero-order valence-corrected chi connectivity index (χ0v) is 12.3. The summed E-state index contributed by atoms with van der Waals surface area (Å²) < 4.78 is 19.5. The van der Waals surface area contributed by atoms with Gasteiger partial charge in [-0.15, -0.1) is 0 Å². The Kier molecular flexibility index (Phi) is 3.64. The van der Waals surface area contributed by atoms with E-state index >= 15 is 0 Å². The maximum Gasteiger partial charge on any atom is 0.125 e. The smallest absolute Gasteiger partial charge is 0.125 e. The van der Waals surface area contributed by atoms with Crippen molar-refractivity contribution in [2.75, 3.05) is 0 Å². The largest absolute Gasteiger partial charge is 0.487 e. The maximum atomic E-state index is 13.5. The van der Waals surface area contributed by atoms with E-state index in [9.17, 15) is 4.39 Å². The Bertz CT molecular complexity index is 628. The van der Waals surface area contributed by atoms with Crippen molar-refractivity contribution >= 4 is 0 Å². The number of hydrogen-bond donors (Lipinski definition) is 1. The van der Waals surface area contributed by atoms with E-state index in [0.717, 1.165) is 23.4 Å². The molecule has 0 fully saturated rings. The van der Waals surface area contributed by atoms with Crippen LogP contribution in [0.2, 0.25) is 0 Å². The van der Waals surface area contributed by atoms with Crippen LogP contribution in [-0.2, 0) is 6.54 Å². The molecule has 1 aliphatic heterocycles. The second kappa shape index (κ2) is 5.45. The number of fused-ring (bicyclic) bond motifs is 1. The number of pyridine rings is 1. The lowest BCUT2D eigenvalue weighted by atomic mass is 9.89. The second-order valence-corrected chi connectivity index (χ2v) is 6.00. The first kappa shape index (κ1) is 14.0. The van der Waals surface area contributed by atoms with Gasteiger partial charge in [0.1, 0.15) is 17.2 Å². The molecule has 1 aliphatic rings. The number of hydrogen-bond acceptors (Lipinski definition) is 3. The van der Waals surface area contributed by atoms with Crippen LogP contribution in [0, 0.1) is 5.82 Å². The zero-order chi connectivity index (χ0) is 14.9. The van der Waals surface area contributed by atoms with Gasteiger partial charge in [-0.05, 0) is 44.2 Å². The van der Waals surface area contributed by atoms with E-state index in [1.165, 1.54) is 6.07 Å². The summed E-state index contributed by atoms with van der Waals surface area (Å²) >= 11 is 0. The van der Waals surface area contributed by atoms with Crippen molar-refractivity contribution < 1.29 is 9.13 Å². The molecule has 3 rings (SSSR count). The van der Waals surface area contributed by atoms with E-state index in [0.29, 0.717) is 6.54 Å². The molecule has 1 unspecified atom stereocenters. The van der Waals surface area contributed by atoms with Gasteiger partial charge in [0, 0.05) is 30.8 Å². The van der Waals surface area contributed by atoms with Gasteiger partial charge in [0.15, 0.2) is 0 Å². The Morgan fingerprint density at radius 2 is 2.19 bits per heavy atom. The van der Waals surface area contributed by atoms with Crippen molar-refractivity contribution in [1.29, 1.82) is 0 Å². The molecule has 0 amide bonds. The fraction of sp³-hybridized carbons (Fsp3) is 0.353. The highest BCUT2D eigenvalue weighted by molar-refractivity contribution is 5.39. The third-order valence-corrected chi connectivity index (χ3v) is 3.68. The molecule has 110 valence electrons. The first-order valence-electron chi connectivity index (χ1n) is 7.15. The third kappa shape index (κ3) is 3.22. The van der Waals surface area contributed by atoms with Crippen LogP contribution in [0.1, 0.15) is 37.6 Å². The van der Waals surface area contributed by atoms with Crippen molar-refractivity contribution in [3.63, 3.8) is 0 Å². The molecular weight excluding hydrogens is 267 g/mol. The second-order valence-electron chi connectivity index (χ2n) is 6.00. The molecule has 4 heteroatoms. The van der Waals surface area contributed by atoms with Crippen LogP contribution >= 0.6 is 0 Å². The minimum Gasteiger partial charge on any atom is -0.487 e. The average molecular weight is 286 g/mol. The first-order valence-corrected chi connectivity index (χ1v) is 7.15. The van der Waals surface area contributed by atoms with Gasteiger partial charge >= 0.3 is 0 Å². The van der Waals surface area contributed by atoms with Gasteiger partial charge in [-0.1, -0.05) is 6.07 Å². The summed E-state index contributed by atoms with van der Waals surface area (Å²) in [5.41, 5.74) is 1.58. The van der Waals surface area contributed by atoms with Crippen molar-refractivity contribution in [3.8, 4) is 5.75 Å². The third-order valence-electron chi connectivity index (χ3n) is 3.68.